The standard InChI is InChI=1S/C26H29ClFN3O2/c1-2-18(9-12-29-25(32)15-19-3-5-21(27)6-4-19)17-31-13-10-20(11-14-31)26-23-8-7-22(28)16-24(23)33-30-26/h2-8,16,18,20H,1,9-15,17H2,(H,29,32)/t18-/m0/s1. The van der Waals surface area contributed by atoms with Crippen LogP contribution in [0.25, 0.3) is 11.0 Å². The first-order chi connectivity index (χ1) is 16.0. The van der Waals surface area contributed by atoms with Gasteiger partial charge in [-0.05, 0) is 68.1 Å². The first kappa shape index (κ1) is 23.5. The van der Waals surface area contributed by atoms with E-state index < -0.39 is 0 Å². The predicted octanol–water partition coefficient (Wildman–Crippen LogP) is 5.35. The van der Waals surface area contributed by atoms with Crippen LogP contribution in [0.1, 0.15) is 36.4 Å². The van der Waals surface area contributed by atoms with Crippen LogP contribution in [0.15, 0.2) is 59.6 Å². The van der Waals surface area contributed by atoms with Crippen LogP contribution in [0.3, 0.4) is 0 Å². The smallest absolute Gasteiger partial charge is 0.224 e. The molecule has 1 amide bonds. The highest BCUT2D eigenvalue weighted by molar-refractivity contribution is 6.30. The Morgan fingerprint density at radius 1 is 1.27 bits per heavy atom. The van der Waals surface area contributed by atoms with Gasteiger partial charge >= 0.3 is 0 Å². The van der Waals surface area contributed by atoms with Gasteiger partial charge in [-0.25, -0.2) is 4.39 Å². The second kappa shape index (κ2) is 10.9. The van der Waals surface area contributed by atoms with E-state index in [1.54, 1.807) is 18.2 Å². The van der Waals surface area contributed by atoms with Crippen molar-refractivity contribution in [2.45, 2.75) is 31.6 Å². The fourth-order valence-corrected chi connectivity index (χ4v) is 4.60. The summed E-state index contributed by atoms with van der Waals surface area (Å²) in [5.74, 6) is 0.341. The van der Waals surface area contributed by atoms with E-state index in [0.29, 0.717) is 35.4 Å². The number of carbonyl (C=O) groups excluding carboxylic acids is 1. The van der Waals surface area contributed by atoms with E-state index in [-0.39, 0.29) is 11.7 Å². The zero-order valence-corrected chi connectivity index (χ0v) is 19.4. The molecule has 4 rings (SSSR count). The van der Waals surface area contributed by atoms with Crippen LogP contribution in [0.4, 0.5) is 4.39 Å². The quantitative estimate of drug-likeness (QED) is 0.429. The Morgan fingerprint density at radius 3 is 2.76 bits per heavy atom. The van der Waals surface area contributed by atoms with Crippen molar-refractivity contribution in [3.05, 3.63) is 77.2 Å². The number of benzene rings is 2. The van der Waals surface area contributed by atoms with Gasteiger partial charge in [-0.3, -0.25) is 4.79 Å². The molecule has 0 spiro atoms. The van der Waals surface area contributed by atoms with E-state index in [2.05, 4.69) is 22.0 Å². The number of likely N-dealkylation sites (tertiary alicyclic amines) is 1. The van der Waals surface area contributed by atoms with Crippen molar-refractivity contribution in [3.63, 3.8) is 0 Å². The number of aromatic nitrogens is 1. The summed E-state index contributed by atoms with van der Waals surface area (Å²) in [7, 11) is 0. The number of nitrogens with one attached hydrogen (secondary N) is 1. The molecule has 3 aromatic rings. The molecule has 33 heavy (non-hydrogen) atoms. The van der Waals surface area contributed by atoms with Crippen LogP contribution >= 0.6 is 11.6 Å². The van der Waals surface area contributed by atoms with Crippen molar-refractivity contribution in [2.24, 2.45) is 5.92 Å². The maximum Gasteiger partial charge on any atom is 0.224 e. The van der Waals surface area contributed by atoms with E-state index in [1.807, 2.05) is 18.2 Å². The number of nitrogens with zero attached hydrogens (tertiary/aromatic N) is 2. The molecule has 5 nitrogen and oxygen atoms in total. The number of carbonyl (C=O) groups is 1. The van der Waals surface area contributed by atoms with E-state index in [0.717, 1.165) is 55.5 Å². The van der Waals surface area contributed by atoms with Gasteiger partial charge in [-0.15, -0.1) is 6.58 Å². The molecule has 1 aliphatic heterocycles. The Labute approximate surface area is 198 Å². The van der Waals surface area contributed by atoms with Crippen molar-refractivity contribution in [3.8, 4) is 0 Å². The summed E-state index contributed by atoms with van der Waals surface area (Å²) in [6.07, 6.45) is 5.17. The average Bonchev–Trinajstić information content (AvgIpc) is 3.23. The number of amides is 1. The lowest BCUT2D eigenvalue weighted by molar-refractivity contribution is -0.120. The maximum absolute atomic E-state index is 13.4. The second-order valence-electron chi connectivity index (χ2n) is 8.72. The highest BCUT2D eigenvalue weighted by Crippen LogP contribution is 2.33. The van der Waals surface area contributed by atoms with Crippen LogP contribution in [0, 0.1) is 11.7 Å². The number of piperidine rings is 1. The van der Waals surface area contributed by atoms with Gasteiger partial charge in [0.2, 0.25) is 5.91 Å². The monoisotopic (exact) mass is 469 g/mol. The summed E-state index contributed by atoms with van der Waals surface area (Å²) < 4.78 is 18.7. The predicted molar refractivity (Wildman–Crippen MR) is 129 cm³/mol. The number of rotatable bonds is 9. The largest absolute Gasteiger partial charge is 0.356 e. The van der Waals surface area contributed by atoms with E-state index in [9.17, 15) is 9.18 Å². The zero-order valence-electron chi connectivity index (χ0n) is 18.6. The Hall–Kier alpha value is -2.70. The van der Waals surface area contributed by atoms with Gasteiger partial charge in [0.15, 0.2) is 5.58 Å². The average molecular weight is 470 g/mol. The normalized spacial score (nSPS) is 16.1. The molecule has 2 heterocycles. The van der Waals surface area contributed by atoms with Gasteiger partial charge in [-0.1, -0.05) is 35.0 Å². The first-order valence-corrected chi connectivity index (χ1v) is 11.8. The summed E-state index contributed by atoms with van der Waals surface area (Å²) in [5.41, 5.74) is 2.40. The number of hydrogen-bond acceptors (Lipinski definition) is 4. The molecule has 2 aromatic carbocycles. The van der Waals surface area contributed by atoms with Crippen LogP contribution in [-0.4, -0.2) is 42.1 Å². The van der Waals surface area contributed by atoms with Gasteiger partial charge in [0.1, 0.15) is 5.82 Å². The molecule has 0 aliphatic carbocycles. The molecule has 1 fully saturated rings. The topological polar surface area (TPSA) is 58.4 Å². The molecule has 0 radical (unpaired) electrons. The van der Waals surface area contributed by atoms with E-state index >= 15 is 0 Å². The molecule has 1 aliphatic rings. The molecule has 174 valence electrons. The molecule has 1 atom stereocenters. The highest BCUT2D eigenvalue weighted by atomic mass is 35.5. The van der Waals surface area contributed by atoms with Gasteiger partial charge in [0, 0.05) is 35.5 Å². The molecular formula is C26H29ClFN3O2. The second-order valence-corrected chi connectivity index (χ2v) is 9.16. The molecule has 7 heteroatoms. The molecule has 1 N–H and O–H groups in total. The lowest BCUT2D eigenvalue weighted by atomic mass is 9.91. The van der Waals surface area contributed by atoms with Crippen LogP contribution in [-0.2, 0) is 11.2 Å². The summed E-state index contributed by atoms with van der Waals surface area (Å²) >= 11 is 5.89. The van der Waals surface area contributed by atoms with Crippen LogP contribution in [0.5, 0.6) is 0 Å². The van der Waals surface area contributed by atoms with Crippen molar-refractivity contribution in [2.75, 3.05) is 26.2 Å². The van der Waals surface area contributed by atoms with Crippen LogP contribution in [0.2, 0.25) is 5.02 Å². The summed E-state index contributed by atoms with van der Waals surface area (Å²) in [6.45, 7) is 7.47. The fraction of sp³-hybridized carbons (Fsp3) is 0.385. The Balaban J connectivity index is 1.20. The molecule has 1 saturated heterocycles. The van der Waals surface area contributed by atoms with Gasteiger partial charge in [0.05, 0.1) is 12.1 Å². The third-order valence-corrected chi connectivity index (χ3v) is 6.63. The summed E-state index contributed by atoms with van der Waals surface area (Å²) in [6, 6.07) is 12.0. The molecule has 0 bridgehead atoms. The van der Waals surface area contributed by atoms with E-state index in [4.69, 9.17) is 16.1 Å². The Kier molecular flexibility index (Phi) is 7.78. The van der Waals surface area contributed by atoms with Crippen LogP contribution < -0.4 is 5.32 Å². The highest BCUT2D eigenvalue weighted by Gasteiger charge is 2.26. The number of fused-ring (bicyclic) bond motifs is 1. The minimum atomic E-state index is -0.309. The maximum atomic E-state index is 13.4. The molecule has 0 saturated carbocycles. The lowest BCUT2D eigenvalue weighted by Gasteiger charge is -2.33. The Bertz CT molecular complexity index is 1090. The van der Waals surface area contributed by atoms with Crippen molar-refractivity contribution in [1.82, 2.24) is 15.4 Å². The first-order valence-electron chi connectivity index (χ1n) is 11.4. The van der Waals surface area contributed by atoms with Crippen molar-refractivity contribution >= 4 is 28.5 Å². The fourth-order valence-electron chi connectivity index (χ4n) is 4.48. The molecule has 1 aromatic heterocycles. The number of halogens is 2. The van der Waals surface area contributed by atoms with Gasteiger partial charge in [0.25, 0.3) is 0 Å². The van der Waals surface area contributed by atoms with Gasteiger partial charge in [-0.2, -0.15) is 0 Å². The Morgan fingerprint density at radius 2 is 2.03 bits per heavy atom. The third kappa shape index (κ3) is 6.21. The van der Waals surface area contributed by atoms with Crippen molar-refractivity contribution in [1.29, 1.82) is 0 Å². The minimum Gasteiger partial charge on any atom is -0.356 e. The zero-order chi connectivity index (χ0) is 23.2. The molecule has 0 unspecified atom stereocenters. The third-order valence-electron chi connectivity index (χ3n) is 6.38. The SMILES string of the molecule is C=C[C@@H](CCNC(=O)Cc1ccc(Cl)cc1)CN1CCC(c2noc3cc(F)ccc23)CC1. The molecular weight excluding hydrogens is 441 g/mol. The van der Waals surface area contributed by atoms with Gasteiger partial charge < -0.3 is 14.7 Å². The lowest BCUT2D eigenvalue weighted by Crippen LogP contribution is -2.37. The summed E-state index contributed by atoms with van der Waals surface area (Å²) in [4.78, 5) is 14.6. The van der Waals surface area contributed by atoms with E-state index in [1.165, 1.54) is 12.1 Å². The minimum absolute atomic E-state index is 0.0145. The van der Waals surface area contributed by atoms with Crippen molar-refractivity contribution < 1.29 is 13.7 Å². The summed E-state index contributed by atoms with van der Waals surface area (Å²) in [5, 5.41) is 8.82. The number of hydrogen-bond donors (Lipinski definition) is 1.